The van der Waals surface area contributed by atoms with E-state index in [2.05, 4.69) is 36.1 Å². The molecule has 4 heteroatoms. The predicted octanol–water partition coefficient (Wildman–Crippen LogP) is 5.09. The highest BCUT2D eigenvalue weighted by Gasteiger charge is 2.29. The summed E-state index contributed by atoms with van der Waals surface area (Å²) in [6.45, 7) is 5.12. The summed E-state index contributed by atoms with van der Waals surface area (Å²) in [5, 5.41) is 0. The van der Waals surface area contributed by atoms with Crippen LogP contribution in [0.2, 0.25) is 0 Å². The molecule has 3 aliphatic rings. The molecule has 1 amide bonds. The van der Waals surface area contributed by atoms with Gasteiger partial charge >= 0.3 is 0 Å². The first-order chi connectivity index (χ1) is 15.2. The first-order valence-corrected chi connectivity index (χ1v) is 11.5. The number of benzene rings is 2. The van der Waals surface area contributed by atoms with Crippen LogP contribution in [0.25, 0.3) is 12.2 Å². The number of hydrogen-bond acceptors (Lipinski definition) is 3. The number of aliphatic imine (C=N–C) groups is 1. The molecule has 0 unspecified atom stereocenters. The van der Waals surface area contributed by atoms with E-state index < -0.39 is 0 Å². The third-order valence-electron chi connectivity index (χ3n) is 6.31. The van der Waals surface area contributed by atoms with Crippen molar-refractivity contribution in [1.29, 1.82) is 0 Å². The zero-order valence-electron chi connectivity index (χ0n) is 18.2. The molecule has 4 nitrogen and oxygen atoms in total. The summed E-state index contributed by atoms with van der Waals surface area (Å²) in [6.07, 6.45) is 11.5. The van der Waals surface area contributed by atoms with Gasteiger partial charge in [0.25, 0.3) is 5.91 Å². The third kappa shape index (κ3) is 3.95. The van der Waals surface area contributed by atoms with Gasteiger partial charge in [0.05, 0.1) is 0 Å². The van der Waals surface area contributed by atoms with Crippen LogP contribution in [0.5, 0.6) is 0 Å². The molecule has 0 aliphatic carbocycles. The first-order valence-electron chi connectivity index (χ1n) is 11.5. The van der Waals surface area contributed by atoms with E-state index in [1.54, 1.807) is 4.90 Å². The van der Waals surface area contributed by atoms with Gasteiger partial charge in [-0.15, -0.1) is 0 Å². The van der Waals surface area contributed by atoms with Crippen molar-refractivity contribution in [3.05, 3.63) is 76.5 Å². The fraction of sp³-hybridized carbons (Fsp3) is 0.333. The average Bonchev–Trinajstić information content (AvgIpc) is 3.08. The molecule has 3 heterocycles. The van der Waals surface area contributed by atoms with Crippen LogP contribution in [0.4, 0.5) is 5.69 Å². The Hall–Kier alpha value is -3.14. The van der Waals surface area contributed by atoms with Crippen molar-refractivity contribution in [2.45, 2.75) is 39.0 Å². The van der Waals surface area contributed by atoms with Crippen molar-refractivity contribution >= 4 is 29.6 Å². The maximum absolute atomic E-state index is 13.1. The van der Waals surface area contributed by atoms with Gasteiger partial charge in [-0.25, -0.2) is 4.99 Å². The molecule has 0 radical (unpaired) electrons. The van der Waals surface area contributed by atoms with Crippen molar-refractivity contribution in [2.75, 3.05) is 24.5 Å². The molecule has 158 valence electrons. The number of rotatable bonds is 5. The van der Waals surface area contributed by atoms with Crippen LogP contribution in [0.15, 0.2) is 59.2 Å². The Balaban J connectivity index is 1.48. The van der Waals surface area contributed by atoms with Gasteiger partial charge in [-0.05, 0) is 78.6 Å². The second-order valence-corrected chi connectivity index (χ2v) is 8.58. The summed E-state index contributed by atoms with van der Waals surface area (Å²) in [5.41, 5.74) is 7.06. The zero-order chi connectivity index (χ0) is 21.2. The van der Waals surface area contributed by atoms with Gasteiger partial charge in [0.15, 0.2) is 0 Å². The monoisotopic (exact) mass is 411 g/mol. The second-order valence-electron chi connectivity index (χ2n) is 8.58. The highest BCUT2D eigenvalue weighted by molar-refractivity contribution is 6.18. The molecular formula is C27H29N3O. The lowest BCUT2D eigenvalue weighted by Gasteiger charge is -2.37. The van der Waals surface area contributed by atoms with Gasteiger partial charge in [-0.3, -0.25) is 9.69 Å². The lowest BCUT2D eigenvalue weighted by Crippen LogP contribution is -2.34. The Morgan fingerprint density at radius 1 is 0.968 bits per heavy atom. The third-order valence-corrected chi connectivity index (χ3v) is 6.31. The van der Waals surface area contributed by atoms with Crippen LogP contribution in [0.1, 0.15) is 48.4 Å². The number of amides is 1. The summed E-state index contributed by atoms with van der Waals surface area (Å²) >= 11 is 0. The maximum atomic E-state index is 13.1. The van der Waals surface area contributed by atoms with Crippen molar-refractivity contribution < 1.29 is 4.79 Å². The molecule has 0 spiro atoms. The molecular weight excluding hydrogens is 382 g/mol. The van der Waals surface area contributed by atoms with Crippen molar-refractivity contribution in [3.8, 4) is 0 Å². The van der Waals surface area contributed by atoms with Crippen LogP contribution < -0.4 is 4.90 Å². The second kappa shape index (κ2) is 8.54. The lowest BCUT2D eigenvalue weighted by molar-refractivity contribution is -0.122. The lowest BCUT2D eigenvalue weighted by atomic mass is 9.90. The van der Waals surface area contributed by atoms with E-state index in [1.807, 2.05) is 36.4 Å². The predicted molar refractivity (Wildman–Crippen MR) is 128 cm³/mol. The standard InChI is InChI=1S/C27H29N3O/c1-2-14-30-25(13-12-20-8-4-3-5-9-20)28-24(27(30)31)19-21-17-22-10-6-15-29-16-7-11-23(18-21)26(22)29/h3-5,8-9,12-13,17-19H,2,6-7,10-11,14-16H2,1H3/b13-12+,24-19-. The zero-order valence-corrected chi connectivity index (χ0v) is 18.2. The number of anilines is 1. The number of carbonyl (C=O) groups excluding carboxylic acids is 1. The highest BCUT2D eigenvalue weighted by atomic mass is 16.2. The molecule has 0 saturated carbocycles. The van der Waals surface area contributed by atoms with Crippen molar-refractivity contribution in [3.63, 3.8) is 0 Å². The Morgan fingerprint density at radius 2 is 1.68 bits per heavy atom. The van der Waals surface area contributed by atoms with E-state index >= 15 is 0 Å². The van der Waals surface area contributed by atoms with Crippen LogP contribution in [0.3, 0.4) is 0 Å². The fourth-order valence-corrected chi connectivity index (χ4v) is 4.94. The number of aryl methyl sites for hydroxylation is 2. The SMILES string of the molecule is CCCN1C(=O)/C(=C/c2cc3c4c(c2)CCCN4CCC3)N=C1/C=C/c1ccccc1. The number of hydrogen-bond donors (Lipinski definition) is 0. The van der Waals surface area contributed by atoms with Crippen molar-refractivity contribution in [2.24, 2.45) is 4.99 Å². The van der Waals surface area contributed by atoms with Crippen LogP contribution >= 0.6 is 0 Å². The van der Waals surface area contributed by atoms with Gasteiger partial charge in [0, 0.05) is 25.3 Å². The Morgan fingerprint density at radius 3 is 2.35 bits per heavy atom. The minimum Gasteiger partial charge on any atom is -0.371 e. The van der Waals surface area contributed by atoms with E-state index in [4.69, 9.17) is 4.99 Å². The fourth-order valence-electron chi connectivity index (χ4n) is 4.94. The van der Waals surface area contributed by atoms with Crippen LogP contribution in [-0.4, -0.2) is 36.3 Å². The van der Waals surface area contributed by atoms with Gasteiger partial charge in [-0.2, -0.15) is 0 Å². The topological polar surface area (TPSA) is 35.9 Å². The normalized spacial score (nSPS) is 19.3. The quantitative estimate of drug-likeness (QED) is 0.643. The van der Waals surface area contributed by atoms with E-state index in [0.29, 0.717) is 12.2 Å². The molecule has 3 aliphatic heterocycles. The van der Waals surface area contributed by atoms with Gasteiger partial charge < -0.3 is 4.90 Å². The summed E-state index contributed by atoms with van der Waals surface area (Å²) in [4.78, 5) is 22.2. The largest absolute Gasteiger partial charge is 0.371 e. The number of carbonyl (C=O) groups is 1. The maximum Gasteiger partial charge on any atom is 0.278 e. The van der Waals surface area contributed by atoms with Gasteiger partial charge in [-0.1, -0.05) is 43.3 Å². The summed E-state index contributed by atoms with van der Waals surface area (Å²) in [6, 6.07) is 14.7. The first kappa shape index (κ1) is 19.8. The molecule has 0 aromatic heterocycles. The van der Waals surface area contributed by atoms with Crippen LogP contribution in [-0.2, 0) is 17.6 Å². The Bertz CT molecular complexity index is 1050. The van der Waals surface area contributed by atoms with E-state index in [9.17, 15) is 4.79 Å². The Kier molecular flexibility index (Phi) is 5.46. The smallest absolute Gasteiger partial charge is 0.278 e. The molecule has 0 atom stereocenters. The van der Waals surface area contributed by atoms with Crippen molar-refractivity contribution in [1.82, 2.24) is 4.90 Å². The highest BCUT2D eigenvalue weighted by Crippen LogP contribution is 2.36. The van der Waals surface area contributed by atoms with Crippen LogP contribution in [0, 0.1) is 0 Å². The summed E-state index contributed by atoms with van der Waals surface area (Å²) in [7, 11) is 0. The Labute approximate surface area is 184 Å². The number of nitrogens with zero attached hydrogens (tertiary/aromatic N) is 3. The molecule has 0 N–H and O–H groups in total. The average molecular weight is 412 g/mol. The van der Waals surface area contributed by atoms with E-state index in [0.717, 1.165) is 36.2 Å². The molecule has 0 bridgehead atoms. The van der Waals surface area contributed by atoms with E-state index in [1.165, 1.54) is 42.7 Å². The van der Waals surface area contributed by atoms with E-state index in [-0.39, 0.29) is 5.91 Å². The number of amidine groups is 1. The summed E-state index contributed by atoms with van der Waals surface area (Å²) in [5.74, 6) is 0.731. The minimum absolute atomic E-state index is 0.00236. The molecule has 2 aromatic rings. The van der Waals surface area contributed by atoms with Gasteiger partial charge in [0.1, 0.15) is 11.5 Å². The molecule has 0 saturated heterocycles. The summed E-state index contributed by atoms with van der Waals surface area (Å²) < 4.78 is 0. The molecule has 5 rings (SSSR count). The van der Waals surface area contributed by atoms with Gasteiger partial charge in [0.2, 0.25) is 0 Å². The molecule has 2 aromatic carbocycles. The molecule has 31 heavy (non-hydrogen) atoms. The molecule has 0 fully saturated rings. The minimum atomic E-state index is 0.00236.